The molecular weight excluding hydrogens is 382 g/mol. The summed E-state index contributed by atoms with van der Waals surface area (Å²) in [7, 11) is -2.28. The Labute approximate surface area is 166 Å². The largest absolute Gasteiger partial charge is 0.496 e. The smallest absolute Gasteiger partial charge is 0.257 e. The van der Waals surface area contributed by atoms with E-state index in [1.165, 1.54) is 29.6 Å². The molecule has 0 N–H and O–H groups in total. The third-order valence-corrected chi connectivity index (χ3v) is 7.43. The molecule has 0 aliphatic carbocycles. The Morgan fingerprint density at radius 2 is 1.75 bits per heavy atom. The Hall–Kier alpha value is -2.13. The average Bonchev–Trinajstić information content (AvgIpc) is 2.73. The molecular formula is C19H27N3O5S. The lowest BCUT2D eigenvalue weighted by molar-refractivity contribution is -0.119. The van der Waals surface area contributed by atoms with E-state index in [4.69, 9.17) is 4.74 Å². The van der Waals surface area contributed by atoms with Crippen LogP contribution in [0.4, 0.5) is 0 Å². The van der Waals surface area contributed by atoms with Crippen molar-refractivity contribution in [1.29, 1.82) is 0 Å². The van der Waals surface area contributed by atoms with Crippen LogP contribution < -0.4 is 4.74 Å². The number of carbonyl (C=O) groups excluding carboxylic acids is 2. The molecule has 2 amide bonds. The van der Waals surface area contributed by atoms with Crippen molar-refractivity contribution >= 4 is 22.3 Å². The van der Waals surface area contributed by atoms with Gasteiger partial charge in [0.25, 0.3) is 5.91 Å². The zero-order valence-corrected chi connectivity index (χ0v) is 17.2. The molecule has 0 saturated carbocycles. The number of hydrogen-bond donors (Lipinski definition) is 0. The highest BCUT2D eigenvalue weighted by Crippen LogP contribution is 2.28. The molecule has 2 aliphatic heterocycles. The van der Waals surface area contributed by atoms with E-state index in [9.17, 15) is 18.0 Å². The first-order valence-electron chi connectivity index (χ1n) is 9.53. The van der Waals surface area contributed by atoms with Crippen LogP contribution in [0.25, 0.3) is 0 Å². The summed E-state index contributed by atoms with van der Waals surface area (Å²) in [5.41, 5.74) is 0.268. The van der Waals surface area contributed by atoms with Gasteiger partial charge in [-0.3, -0.25) is 9.59 Å². The highest BCUT2D eigenvalue weighted by atomic mass is 32.2. The van der Waals surface area contributed by atoms with Crippen molar-refractivity contribution in [2.24, 2.45) is 5.92 Å². The van der Waals surface area contributed by atoms with E-state index in [0.717, 1.165) is 19.3 Å². The normalized spacial score (nSPS) is 19.5. The standard InChI is InChI=1S/C19H27N3O5S/c1-15-5-7-21(8-6-15)19(24)17-13-16(3-4-18(17)27-2)28(25,26)22-11-9-20(14-23)10-12-22/h3-4,13-15H,5-12H2,1-2H3. The number of nitrogens with zero attached hydrogens (tertiary/aromatic N) is 3. The van der Waals surface area contributed by atoms with Gasteiger partial charge in [-0.15, -0.1) is 0 Å². The minimum Gasteiger partial charge on any atom is -0.496 e. The molecule has 0 aromatic heterocycles. The van der Waals surface area contributed by atoms with Gasteiger partial charge >= 0.3 is 0 Å². The van der Waals surface area contributed by atoms with Crippen molar-refractivity contribution in [3.05, 3.63) is 23.8 Å². The summed E-state index contributed by atoms with van der Waals surface area (Å²) >= 11 is 0. The van der Waals surface area contributed by atoms with Gasteiger partial charge in [0, 0.05) is 39.3 Å². The molecule has 154 valence electrons. The van der Waals surface area contributed by atoms with E-state index in [1.807, 2.05) is 0 Å². The fraction of sp³-hybridized carbons (Fsp3) is 0.579. The summed E-state index contributed by atoms with van der Waals surface area (Å²) in [6.07, 6.45) is 2.60. The highest BCUT2D eigenvalue weighted by molar-refractivity contribution is 7.89. The quantitative estimate of drug-likeness (QED) is 0.678. The van der Waals surface area contributed by atoms with Crippen LogP contribution in [-0.4, -0.2) is 81.2 Å². The maximum absolute atomic E-state index is 13.0. The predicted octanol–water partition coefficient (Wildman–Crippen LogP) is 1.03. The molecule has 2 fully saturated rings. The minimum atomic E-state index is -3.75. The van der Waals surface area contributed by atoms with Crippen molar-refractivity contribution in [2.75, 3.05) is 46.4 Å². The lowest BCUT2D eigenvalue weighted by Crippen LogP contribution is -2.48. The van der Waals surface area contributed by atoms with Crippen molar-refractivity contribution in [3.8, 4) is 5.75 Å². The van der Waals surface area contributed by atoms with Gasteiger partial charge < -0.3 is 14.5 Å². The first-order valence-corrected chi connectivity index (χ1v) is 11.0. The molecule has 2 heterocycles. The highest BCUT2D eigenvalue weighted by Gasteiger charge is 2.30. The molecule has 8 nitrogen and oxygen atoms in total. The lowest BCUT2D eigenvalue weighted by atomic mass is 9.98. The molecule has 0 unspecified atom stereocenters. The third kappa shape index (κ3) is 4.15. The van der Waals surface area contributed by atoms with Gasteiger partial charge in [0.05, 0.1) is 17.6 Å². The van der Waals surface area contributed by atoms with Gasteiger partial charge in [0.15, 0.2) is 0 Å². The summed E-state index contributed by atoms with van der Waals surface area (Å²) < 4.78 is 32.7. The minimum absolute atomic E-state index is 0.0709. The first kappa shape index (κ1) is 20.6. The maximum atomic E-state index is 13.0. The average molecular weight is 410 g/mol. The van der Waals surface area contributed by atoms with Crippen LogP contribution in [0.15, 0.2) is 23.1 Å². The Bertz CT molecular complexity index is 826. The Morgan fingerprint density at radius 1 is 1.11 bits per heavy atom. The summed E-state index contributed by atoms with van der Waals surface area (Å²) in [5.74, 6) is 0.752. The predicted molar refractivity (Wildman–Crippen MR) is 104 cm³/mol. The Kier molecular flexibility index (Phi) is 6.24. The molecule has 0 atom stereocenters. The molecule has 28 heavy (non-hydrogen) atoms. The van der Waals surface area contributed by atoms with Crippen LogP contribution in [-0.2, 0) is 14.8 Å². The van der Waals surface area contributed by atoms with Crippen molar-refractivity contribution in [2.45, 2.75) is 24.7 Å². The number of rotatable bonds is 5. The molecule has 0 bridgehead atoms. The number of likely N-dealkylation sites (tertiary alicyclic amines) is 1. The van der Waals surface area contributed by atoms with Crippen molar-refractivity contribution < 1.29 is 22.7 Å². The molecule has 3 rings (SSSR count). The number of hydrogen-bond acceptors (Lipinski definition) is 5. The zero-order chi connectivity index (χ0) is 20.3. The van der Waals surface area contributed by atoms with Crippen LogP contribution in [0.3, 0.4) is 0 Å². The summed E-state index contributed by atoms with van der Waals surface area (Å²) in [4.78, 5) is 27.2. The van der Waals surface area contributed by atoms with Gasteiger partial charge in [-0.05, 0) is 37.0 Å². The number of piperidine rings is 1. The van der Waals surface area contributed by atoms with Gasteiger partial charge in [0.2, 0.25) is 16.4 Å². The molecule has 1 aromatic rings. The molecule has 2 saturated heterocycles. The monoisotopic (exact) mass is 409 g/mol. The van der Waals surface area contributed by atoms with Gasteiger partial charge in [-0.2, -0.15) is 4.31 Å². The number of methoxy groups -OCH3 is 1. The molecule has 1 aromatic carbocycles. The van der Waals surface area contributed by atoms with E-state index in [2.05, 4.69) is 6.92 Å². The fourth-order valence-electron chi connectivity index (χ4n) is 3.60. The lowest BCUT2D eigenvalue weighted by Gasteiger charge is -2.32. The van der Waals surface area contributed by atoms with Crippen LogP contribution in [0.1, 0.15) is 30.1 Å². The SMILES string of the molecule is COc1ccc(S(=O)(=O)N2CCN(C=O)CC2)cc1C(=O)N1CCC(C)CC1. The van der Waals surface area contributed by atoms with E-state index in [-0.39, 0.29) is 29.5 Å². The summed E-state index contributed by atoms with van der Waals surface area (Å²) in [6, 6.07) is 4.42. The Balaban J connectivity index is 1.86. The van der Waals surface area contributed by atoms with E-state index >= 15 is 0 Å². The van der Waals surface area contributed by atoms with Crippen LogP contribution in [0.2, 0.25) is 0 Å². The number of piperazine rings is 1. The second-order valence-corrected chi connectivity index (χ2v) is 9.32. The molecule has 9 heteroatoms. The zero-order valence-electron chi connectivity index (χ0n) is 16.3. The number of sulfonamides is 1. The molecule has 0 radical (unpaired) electrons. The topological polar surface area (TPSA) is 87.2 Å². The molecule has 0 spiro atoms. The first-order chi connectivity index (χ1) is 13.4. The van der Waals surface area contributed by atoms with Gasteiger partial charge in [0.1, 0.15) is 5.75 Å². The second kappa shape index (κ2) is 8.48. The van der Waals surface area contributed by atoms with Gasteiger partial charge in [-0.25, -0.2) is 8.42 Å². The Morgan fingerprint density at radius 3 is 2.32 bits per heavy atom. The van der Waals surface area contributed by atoms with Crippen LogP contribution in [0, 0.1) is 5.92 Å². The fourth-order valence-corrected chi connectivity index (χ4v) is 5.04. The van der Waals surface area contributed by atoms with E-state index in [0.29, 0.717) is 37.8 Å². The number of benzene rings is 1. The van der Waals surface area contributed by atoms with E-state index in [1.54, 1.807) is 9.80 Å². The van der Waals surface area contributed by atoms with Crippen molar-refractivity contribution in [3.63, 3.8) is 0 Å². The second-order valence-electron chi connectivity index (χ2n) is 7.38. The third-order valence-electron chi connectivity index (χ3n) is 5.53. The van der Waals surface area contributed by atoms with Crippen LogP contribution >= 0.6 is 0 Å². The number of ether oxygens (including phenoxy) is 1. The molecule has 2 aliphatic rings. The number of amides is 2. The van der Waals surface area contributed by atoms with Crippen molar-refractivity contribution in [1.82, 2.24) is 14.1 Å². The summed E-state index contributed by atoms with van der Waals surface area (Å²) in [6.45, 7) is 4.68. The summed E-state index contributed by atoms with van der Waals surface area (Å²) in [5, 5.41) is 0. The van der Waals surface area contributed by atoms with E-state index < -0.39 is 10.0 Å². The number of carbonyl (C=O) groups is 2. The maximum Gasteiger partial charge on any atom is 0.257 e. The van der Waals surface area contributed by atoms with Gasteiger partial charge in [-0.1, -0.05) is 6.92 Å². The van der Waals surface area contributed by atoms with Crippen LogP contribution in [0.5, 0.6) is 5.75 Å².